The molecule has 20 heavy (non-hydrogen) atoms. The first-order chi connectivity index (χ1) is 8.98. The van der Waals surface area contributed by atoms with Gasteiger partial charge in [-0.2, -0.15) is 0 Å². The van der Waals surface area contributed by atoms with E-state index in [0.717, 1.165) is 5.19 Å². The molecule has 112 valence electrons. The fourth-order valence-electron chi connectivity index (χ4n) is 2.11. The van der Waals surface area contributed by atoms with E-state index >= 15 is 0 Å². The summed E-state index contributed by atoms with van der Waals surface area (Å²) in [6, 6.07) is 4.12. The van der Waals surface area contributed by atoms with Crippen molar-refractivity contribution in [3.05, 3.63) is 28.3 Å². The van der Waals surface area contributed by atoms with Gasteiger partial charge in [0.2, 0.25) is 0 Å². The SMILES string of the molecule is CCNC(=O)c1c(Cl)cc(C(C)(C)C)cc1[Si](C)(C)C. The number of carbonyl (C=O) groups is 1. The molecule has 1 rings (SSSR count). The standard InChI is InChI=1S/C16H26ClNOSi/c1-8-18-15(19)14-12(17)9-11(16(2,3)4)10-13(14)20(5,6)7/h9-10H,8H2,1-7H3,(H,18,19). The molecule has 1 amide bonds. The first-order valence-corrected chi connectivity index (χ1v) is 11.0. The van der Waals surface area contributed by atoms with Crippen molar-refractivity contribution in [2.45, 2.75) is 52.8 Å². The lowest BCUT2D eigenvalue weighted by molar-refractivity contribution is 0.0957. The second-order valence-electron chi connectivity index (χ2n) is 7.24. The monoisotopic (exact) mass is 311 g/mol. The van der Waals surface area contributed by atoms with Crippen LogP contribution >= 0.6 is 11.6 Å². The molecule has 4 heteroatoms. The minimum atomic E-state index is -1.66. The predicted octanol–water partition coefficient (Wildman–Crippen LogP) is 3.93. The lowest BCUT2D eigenvalue weighted by Gasteiger charge is -2.27. The van der Waals surface area contributed by atoms with Gasteiger partial charge in [0.15, 0.2) is 0 Å². The zero-order valence-electron chi connectivity index (χ0n) is 13.6. The second kappa shape index (κ2) is 5.90. The van der Waals surface area contributed by atoms with Crippen LogP contribution in [0.15, 0.2) is 12.1 Å². The average molecular weight is 312 g/mol. The quantitative estimate of drug-likeness (QED) is 0.842. The molecule has 1 aromatic rings. The smallest absolute Gasteiger partial charge is 0.252 e. The van der Waals surface area contributed by atoms with E-state index in [9.17, 15) is 4.79 Å². The zero-order valence-corrected chi connectivity index (χ0v) is 15.4. The Morgan fingerprint density at radius 2 is 1.80 bits per heavy atom. The highest BCUT2D eigenvalue weighted by atomic mass is 35.5. The van der Waals surface area contributed by atoms with Gasteiger partial charge in [-0.3, -0.25) is 4.79 Å². The normalized spacial score (nSPS) is 12.4. The lowest BCUT2D eigenvalue weighted by Crippen LogP contribution is -2.44. The molecule has 2 nitrogen and oxygen atoms in total. The Hall–Kier alpha value is -0.803. The van der Waals surface area contributed by atoms with Crippen molar-refractivity contribution >= 4 is 30.8 Å². The van der Waals surface area contributed by atoms with Gasteiger partial charge in [0.1, 0.15) is 0 Å². The van der Waals surface area contributed by atoms with Crippen molar-refractivity contribution in [3.63, 3.8) is 0 Å². The fraction of sp³-hybridized carbons (Fsp3) is 0.562. The minimum absolute atomic E-state index is 0.0256. The number of rotatable bonds is 3. The van der Waals surface area contributed by atoms with Crippen LogP contribution in [-0.2, 0) is 5.41 Å². The van der Waals surface area contributed by atoms with Crippen LogP contribution in [0.2, 0.25) is 24.7 Å². The summed E-state index contributed by atoms with van der Waals surface area (Å²) in [4.78, 5) is 12.3. The summed E-state index contributed by atoms with van der Waals surface area (Å²) < 4.78 is 0. The first kappa shape index (κ1) is 17.2. The number of amides is 1. The van der Waals surface area contributed by atoms with Gasteiger partial charge in [0.25, 0.3) is 5.91 Å². The fourth-order valence-corrected chi connectivity index (χ4v) is 4.08. The number of benzene rings is 1. The maximum absolute atomic E-state index is 12.3. The molecular weight excluding hydrogens is 286 g/mol. The van der Waals surface area contributed by atoms with Crippen molar-refractivity contribution in [2.75, 3.05) is 6.54 Å². The Morgan fingerprint density at radius 3 is 2.20 bits per heavy atom. The van der Waals surface area contributed by atoms with Gasteiger partial charge < -0.3 is 5.32 Å². The maximum Gasteiger partial charge on any atom is 0.252 e. The Morgan fingerprint density at radius 1 is 1.25 bits per heavy atom. The number of nitrogens with one attached hydrogen (secondary N) is 1. The lowest BCUT2D eigenvalue weighted by atomic mass is 9.86. The largest absolute Gasteiger partial charge is 0.352 e. The topological polar surface area (TPSA) is 29.1 Å². The third kappa shape index (κ3) is 3.86. The Labute approximate surface area is 128 Å². The van der Waals surface area contributed by atoms with Crippen LogP contribution in [0.5, 0.6) is 0 Å². The van der Waals surface area contributed by atoms with Crippen molar-refractivity contribution in [2.24, 2.45) is 0 Å². The third-order valence-corrected chi connectivity index (χ3v) is 5.64. The van der Waals surface area contributed by atoms with Crippen molar-refractivity contribution in [3.8, 4) is 0 Å². The molecule has 0 aliphatic heterocycles. The van der Waals surface area contributed by atoms with Gasteiger partial charge in [-0.25, -0.2) is 0 Å². The molecule has 0 aliphatic carbocycles. The Kier molecular flexibility index (Phi) is 5.09. The highest BCUT2D eigenvalue weighted by molar-refractivity contribution is 6.89. The highest BCUT2D eigenvalue weighted by Crippen LogP contribution is 2.27. The highest BCUT2D eigenvalue weighted by Gasteiger charge is 2.28. The van der Waals surface area contributed by atoms with Crippen molar-refractivity contribution < 1.29 is 4.79 Å². The van der Waals surface area contributed by atoms with Gasteiger partial charge in [-0.1, -0.05) is 58.1 Å². The molecule has 0 atom stereocenters. The second-order valence-corrected chi connectivity index (χ2v) is 12.7. The number of hydrogen-bond acceptors (Lipinski definition) is 1. The van der Waals surface area contributed by atoms with Crippen LogP contribution in [0.1, 0.15) is 43.6 Å². The molecule has 0 spiro atoms. The van der Waals surface area contributed by atoms with E-state index < -0.39 is 8.07 Å². The van der Waals surface area contributed by atoms with E-state index in [1.165, 1.54) is 5.56 Å². The third-order valence-electron chi connectivity index (χ3n) is 3.33. The van der Waals surface area contributed by atoms with Crippen LogP contribution in [0.25, 0.3) is 0 Å². The molecule has 0 radical (unpaired) electrons. The summed E-state index contributed by atoms with van der Waals surface area (Å²) in [5.74, 6) is -0.0598. The van der Waals surface area contributed by atoms with E-state index in [1.54, 1.807) is 0 Å². The van der Waals surface area contributed by atoms with E-state index in [-0.39, 0.29) is 11.3 Å². The summed E-state index contributed by atoms with van der Waals surface area (Å²) in [5.41, 5.74) is 1.88. The van der Waals surface area contributed by atoms with Gasteiger partial charge in [-0.15, -0.1) is 0 Å². The van der Waals surface area contributed by atoms with E-state index in [2.05, 4.69) is 51.8 Å². The molecule has 0 aliphatic rings. The predicted molar refractivity (Wildman–Crippen MR) is 91.1 cm³/mol. The number of carbonyl (C=O) groups excluding carboxylic acids is 1. The molecule has 0 heterocycles. The zero-order chi connectivity index (χ0) is 15.7. The molecule has 1 aromatic carbocycles. The number of halogens is 1. The average Bonchev–Trinajstić information content (AvgIpc) is 2.25. The molecule has 1 N–H and O–H groups in total. The van der Waals surface area contributed by atoms with E-state index in [4.69, 9.17) is 11.6 Å². The van der Waals surface area contributed by atoms with Crippen molar-refractivity contribution in [1.29, 1.82) is 0 Å². The molecule has 0 aromatic heterocycles. The number of hydrogen-bond donors (Lipinski definition) is 1. The summed E-state index contributed by atoms with van der Waals surface area (Å²) in [6.07, 6.45) is 0. The van der Waals surface area contributed by atoms with Crippen LogP contribution in [-0.4, -0.2) is 20.5 Å². The van der Waals surface area contributed by atoms with Crippen LogP contribution in [0.4, 0.5) is 0 Å². The Balaban J connectivity index is 3.56. The van der Waals surface area contributed by atoms with Crippen LogP contribution < -0.4 is 10.5 Å². The van der Waals surface area contributed by atoms with Crippen molar-refractivity contribution in [1.82, 2.24) is 5.32 Å². The maximum atomic E-state index is 12.3. The summed E-state index contributed by atoms with van der Waals surface area (Å²) in [5, 5.41) is 4.58. The molecule has 0 saturated carbocycles. The molecule has 0 fully saturated rings. The Bertz CT molecular complexity index is 512. The molecule has 0 bridgehead atoms. The van der Waals surface area contributed by atoms with E-state index in [0.29, 0.717) is 17.1 Å². The van der Waals surface area contributed by atoms with Gasteiger partial charge in [0, 0.05) is 6.54 Å². The minimum Gasteiger partial charge on any atom is -0.352 e. The summed E-state index contributed by atoms with van der Waals surface area (Å²) in [6.45, 7) is 15.8. The van der Waals surface area contributed by atoms with Crippen LogP contribution in [0, 0.1) is 0 Å². The van der Waals surface area contributed by atoms with E-state index in [1.807, 2.05) is 13.0 Å². The van der Waals surface area contributed by atoms with Gasteiger partial charge >= 0.3 is 0 Å². The summed E-state index contributed by atoms with van der Waals surface area (Å²) >= 11 is 6.44. The molecule has 0 saturated heterocycles. The molecular formula is C16H26ClNOSi. The van der Waals surface area contributed by atoms with Gasteiger partial charge in [0.05, 0.1) is 18.7 Å². The summed E-state index contributed by atoms with van der Waals surface area (Å²) in [7, 11) is -1.66. The van der Waals surface area contributed by atoms with Gasteiger partial charge in [-0.05, 0) is 29.2 Å². The first-order valence-electron chi connectivity index (χ1n) is 7.11. The van der Waals surface area contributed by atoms with Crippen LogP contribution in [0.3, 0.4) is 0 Å². The molecule has 0 unspecified atom stereocenters.